The van der Waals surface area contributed by atoms with Crippen LogP contribution in [0.15, 0.2) is 95.4 Å². The summed E-state index contributed by atoms with van der Waals surface area (Å²) >= 11 is 0. The van der Waals surface area contributed by atoms with E-state index < -0.39 is 23.5 Å². The van der Waals surface area contributed by atoms with Crippen LogP contribution < -0.4 is 0 Å². The van der Waals surface area contributed by atoms with Gasteiger partial charge < -0.3 is 0 Å². The van der Waals surface area contributed by atoms with Crippen LogP contribution in [-0.4, -0.2) is 0 Å². The Bertz CT molecular complexity index is 1140. The van der Waals surface area contributed by atoms with Crippen LogP contribution in [0.3, 0.4) is 0 Å². The van der Waals surface area contributed by atoms with Crippen molar-refractivity contribution in [3.05, 3.63) is 102 Å². The molecule has 1 heterocycles. The van der Waals surface area contributed by atoms with Gasteiger partial charge in [0.1, 0.15) is 0 Å². The Labute approximate surface area is 179 Å². The van der Waals surface area contributed by atoms with Gasteiger partial charge in [-0.25, -0.2) is 4.42 Å². The molecule has 0 unspecified atom stereocenters. The van der Waals surface area contributed by atoms with E-state index in [1.807, 2.05) is 0 Å². The number of alkyl halides is 6. The first kappa shape index (κ1) is 21.6. The normalized spacial score (nSPS) is 12.1. The molecule has 0 fully saturated rings. The lowest BCUT2D eigenvalue weighted by molar-refractivity contribution is -0.143. The minimum atomic E-state index is -4.93. The third-order valence-electron chi connectivity index (χ3n) is 4.83. The summed E-state index contributed by atoms with van der Waals surface area (Å²) in [5.74, 6) is 0.626. The molecule has 0 saturated heterocycles. The van der Waals surface area contributed by atoms with E-state index in [0.717, 1.165) is 0 Å². The Balaban J connectivity index is 1.97. The predicted molar refractivity (Wildman–Crippen MR) is 109 cm³/mol. The zero-order chi connectivity index (χ0) is 22.9. The quantitative estimate of drug-likeness (QED) is 0.227. The largest absolute Gasteiger partial charge is 0.416 e. The van der Waals surface area contributed by atoms with Crippen molar-refractivity contribution in [2.75, 3.05) is 0 Å². The minimum Gasteiger partial charge on any atom is -0.207 e. The molecular weight excluding hydrogens is 430 g/mol. The van der Waals surface area contributed by atoms with Crippen molar-refractivity contribution in [2.45, 2.75) is 12.4 Å². The first-order valence-corrected chi connectivity index (χ1v) is 9.50. The highest BCUT2D eigenvalue weighted by molar-refractivity contribution is 5.75. The van der Waals surface area contributed by atoms with Gasteiger partial charge in [0.05, 0.1) is 34.4 Å². The summed E-state index contributed by atoms with van der Waals surface area (Å²) in [6, 6.07) is 22.0. The summed E-state index contributed by atoms with van der Waals surface area (Å²) in [4.78, 5) is 0. The zero-order valence-corrected chi connectivity index (χ0v) is 16.3. The van der Waals surface area contributed by atoms with Gasteiger partial charge in [-0.1, -0.05) is 36.4 Å². The maximum Gasteiger partial charge on any atom is 0.416 e. The summed E-state index contributed by atoms with van der Waals surface area (Å²) in [5, 5.41) is 0. The summed E-state index contributed by atoms with van der Waals surface area (Å²) in [6.45, 7) is 0. The molecule has 0 aliphatic heterocycles. The van der Waals surface area contributed by atoms with Crippen molar-refractivity contribution in [1.82, 2.24) is 0 Å². The molecule has 7 heteroatoms. The Morgan fingerprint density at radius 3 is 1.19 bits per heavy atom. The minimum absolute atomic E-state index is 0.118. The standard InChI is InChI=1S/C25H15F6O/c26-24(27,28)20-11-18(12-21(15-20)25(29,30)31)19-13-22(16-7-3-1-4-8-16)32-23(14-19)17-9-5-2-6-10-17/h1-15H/q+1. The van der Waals surface area contributed by atoms with E-state index in [-0.39, 0.29) is 17.2 Å². The summed E-state index contributed by atoms with van der Waals surface area (Å²) in [5.41, 5.74) is -1.51. The molecule has 0 N–H and O–H groups in total. The molecule has 0 atom stereocenters. The molecule has 0 saturated carbocycles. The molecule has 0 spiro atoms. The molecule has 0 bridgehead atoms. The zero-order valence-electron chi connectivity index (χ0n) is 16.3. The van der Waals surface area contributed by atoms with Crippen molar-refractivity contribution in [3.63, 3.8) is 0 Å². The molecular formula is C25H15F6O+. The highest BCUT2D eigenvalue weighted by atomic mass is 19.4. The monoisotopic (exact) mass is 445 g/mol. The van der Waals surface area contributed by atoms with Crippen molar-refractivity contribution < 1.29 is 30.8 Å². The molecule has 162 valence electrons. The maximum atomic E-state index is 13.4. The van der Waals surface area contributed by atoms with E-state index >= 15 is 0 Å². The van der Waals surface area contributed by atoms with Crippen LogP contribution in [-0.2, 0) is 12.4 Å². The first-order valence-electron chi connectivity index (χ1n) is 9.50. The summed E-state index contributed by atoms with van der Waals surface area (Å²) in [7, 11) is 0. The molecule has 4 rings (SSSR count). The van der Waals surface area contributed by atoms with Gasteiger partial charge in [-0.3, -0.25) is 0 Å². The second kappa shape index (κ2) is 8.15. The lowest BCUT2D eigenvalue weighted by Crippen LogP contribution is -2.11. The average molecular weight is 445 g/mol. The van der Waals surface area contributed by atoms with Gasteiger partial charge in [0, 0.05) is 5.56 Å². The topological polar surface area (TPSA) is 11.3 Å². The number of rotatable bonds is 3. The van der Waals surface area contributed by atoms with Gasteiger partial charge >= 0.3 is 23.9 Å². The van der Waals surface area contributed by atoms with Gasteiger partial charge in [0.15, 0.2) is 0 Å². The van der Waals surface area contributed by atoms with Crippen LogP contribution >= 0.6 is 0 Å². The van der Waals surface area contributed by atoms with E-state index in [0.29, 0.717) is 34.8 Å². The maximum absolute atomic E-state index is 13.4. The second-order valence-corrected chi connectivity index (χ2v) is 7.10. The Morgan fingerprint density at radius 1 is 0.438 bits per heavy atom. The van der Waals surface area contributed by atoms with Crippen LogP contribution in [0.4, 0.5) is 26.3 Å². The molecule has 1 aromatic heterocycles. The molecule has 0 aliphatic carbocycles. The van der Waals surface area contributed by atoms with E-state index in [9.17, 15) is 26.3 Å². The van der Waals surface area contributed by atoms with Crippen LogP contribution in [0, 0.1) is 0 Å². The fourth-order valence-electron chi connectivity index (χ4n) is 3.28. The Kier molecular flexibility index (Phi) is 5.50. The van der Waals surface area contributed by atoms with Gasteiger partial charge in [-0.05, 0) is 48.0 Å². The summed E-state index contributed by atoms with van der Waals surface area (Å²) < 4.78 is 86.1. The lowest BCUT2D eigenvalue weighted by Gasteiger charge is -2.14. The third kappa shape index (κ3) is 4.66. The molecule has 0 aliphatic rings. The Hall–Kier alpha value is -3.61. The first-order chi connectivity index (χ1) is 15.1. The van der Waals surface area contributed by atoms with E-state index in [1.54, 1.807) is 60.7 Å². The van der Waals surface area contributed by atoms with Crippen LogP contribution in [0.1, 0.15) is 11.1 Å². The molecule has 0 amide bonds. The van der Waals surface area contributed by atoms with Gasteiger partial charge in [-0.2, -0.15) is 26.3 Å². The fraction of sp³-hybridized carbons (Fsp3) is 0.0800. The fourth-order valence-corrected chi connectivity index (χ4v) is 3.28. The van der Waals surface area contributed by atoms with Crippen molar-refractivity contribution >= 4 is 0 Å². The van der Waals surface area contributed by atoms with Crippen LogP contribution in [0.25, 0.3) is 33.8 Å². The number of hydrogen-bond acceptors (Lipinski definition) is 0. The highest BCUT2D eigenvalue weighted by Crippen LogP contribution is 2.40. The van der Waals surface area contributed by atoms with Crippen molar-refractivity contribution in [3.8, 4) is 33.8 Å². The van der Waals surface area contributed by atoms with Gasteiger partial charge in [0.25, 0.3) is 0 Å². The number of halogens is 6. The number of benzene rings is 3. The summed E-state index contributed by atoms with van der Waals surface area (Å²) in [6.07, 6.45) is -9.86. The molecule has 3 aromatic carbocycles. The van der Waals surface area contributed by atoms with E-state index in [2.05, 4.69) is 0 Å². The highest BCUT2D eigenvalue weighted by Gasteiger charge is 2.37. The molecule has 0 radical (unpaired) electrons. The SMILES string of the molecule is FC(F)(F)c1cc(-c2cc(-c3ccccc3)[o+]c(-c3ccccc3)c2)cc(C(F)(F)F)c1. The lowest BCUT2D eigenvalue weighted by atomic mass is 9.97. The van der Waals surface area contributed by atoms with Crippen molar-refractivity contribution in [1.29, 1.82) is 0 Å². The van der Waals surface area contributed by atoms with Crippen LogP contribution in [0.2, 0.25) is 0 Å². The molecule has 1 nitrogen and oxygen atoms in total. The van der Waals surface area contributed by atoms with E-state index in [1.165, 1.54) is 12.1 Å². The van der Waals surface area contributed by atoms with E-state index in [4.69, 9.17) is 4.42 Å². The third-order valence-corrected chi connectivity index (χ3v) is 4.83. The van der Waals surface area contributed by atoms with Crippen LogP contribution in [0.5, 0.6) is 0 Å². The van der Waals surface area contributed by atoms with Gasteiger partial charge in [0.2, 0.25) is 0 Å². The van der Waals surface area contributed by atoms with Crippen molar-refractivity contribution in [2.24, 2.45) is 0 Å². The molecule has 4 aromatic rings. The smallest absolute Gasteiger partial charge is 0.207 e. The average Bonchev–Trinajstić information content (AvgIpc) is 2.78. The van der Waals surface area contributed by atoms with Gasteiger partial charge in [-0.15, -0.1) is 0 Å². The number of hydrogen-bond donors (Lipinski definition) is 0. The predicted octanol–water partition coefficient (Wildman–Crippen LogP) is 8.60. The second-order valence-electron chi connectivity index (χ2n) is 7.10. The Morgan fingerprint density at radius 2 is 0.812 bits per heavy atom. The molecule has 32 heavy (non-hydrogen) atoms.